The second-order valence-corrected chi connectivity index (χ2v) is 9.34. The minimum absolute atomic E-state index is 0.00613. The minimum Gasteiger partial charge on any atom is -0.354 e. The molecule has 0 fully saturated rings. The molecule has 0 aliphatic carbocycles. The van der Waals surface area contributed by atoms with Gasteiger partial charge in [0.25, 0.3) is 5.91 Å². The molecule has 2 aromatic carbocycles. The molecule has 0 unspecified atom stereocenters. The maximum absolute atomic E-state index is 12.5. The summed E-state index contributed by atoms with van der Waals surface area (Å²) in [6.07, 6.45) is 2.28. The molecule has 0 bridgehead atoms. The Labute approximate surface area is 207 Å². The van der Waals surface area contributed by atoms with E-state index >= 15 is 0 Å². The number of aromatic nitrogens is 3. The van der Waals surface area contributed by atoms with Crippen LogP contribution in [0.1, 0.15) is 25.7 Å². The third kappa shape index (κ3) is 5.56. The van der Waals surface area contributed by atoms with Gasteiger partial charge >= 0.3 is 0 Å². The predicted octanol–water partition coefficient (Wildman–Crippen LogP) is 3.55. The van der Waals surface area contributed by atoms with Crippen LogP contribution in [0.3, 0.4) is 0 Å². The molecule has 0 aliphatic heterocycles. The van der Waals surface area contributed by atoms with Crippen molar-refractivity contribution in [1.29, 1.82) is 0 Å². The summed E-state index contributed by atoms with van der Waals surface area (Å²) in [5.41, 5.74) is 1.91. The van der Waals surface area contributed by atoms with Crippen molar-refractivity contribution in [1.82, 2.24) is 20.5 Å². The molecule has 0 spiro atoms. The van der Waals surface area contributed by atoms with E-state index in [2.05, 4.69) is 20.5 Å². The van der Waals surface area contributed by atoms with Crippen LogP contribution >= 0.6 is 0 Å². The summed E-state index contributed by atoms with van der Waals surface area (Å²) < 4.78 is 46.9. The van der Waals surface area contributed by atoms with E-state index in [1.165, 1.54) is 24.4 Å². The molecule has 2 heterocycles. The lowest BCUT2D eigenvalue weighted by Gasteiger charge is -2.13. The molecule has 0 atom stereocenters. The van der Waals surface area contributed by atoms with Gasteiger partial charge in [-0.1, -0.05) is 60.7 Å². The second-order valence-electron chi connectivity index (χ2n) is 7.35. The molecule has 4 aromatic rings. The van der Waals surface area contributed by atoms with E-state index in [-0.39, 0.29) is 27.9 Å². The van der Waals surface area contributed by atoms with Crippen LogP contribution < -0.4 is 10.6 Å². The summed E-state index contributed by atoms with van der Waals surface area (Å²) in [6.45, 7) is -2.76. The van der Waals surface area contributed by atoms with Crippen molar-refractivity contribution >= 4 is 38.8 Å². The number of nitrogens with zero attached hydrogens (tertiary/aromatic N) is 4. The van der Waals surface area contributed by atoms with Crippen molar-refractivity contribution in [3.8, 4) is 0 Å². The quantitative estimate of drug-likeness (QED) is 0.380. The Morgan fingerprint density at radius 3 is 2.20 bits per heavy atom. The molecule has 2 N–H and O–H groups in total. The first-order chi connectivity index (χ1) is 18.0. The van der Waals surface area contributed by atoms with Crippen molar-refractivity contribution in [2.24, 2.45) is 4.99 Å². The van der Waals surface area contributed by atoms with Gasteiger partial charge in [0, 0.05) is 28.5 Å². The molecule has 0 aliphatic rings. The van der Waals surface area contributed by atoms with E-state index in [4.69, 9.17) is 9.10 Å². The Hall–Kier alpha value is -4.44. The molecular formula is C25H22N6O3S. The molecule has 4 rings (SSSR count). The molecule has 9 nitrogen and oxygen atoms in total. The summed E-state index contributed by atoms with van der Waals surface area (Å²) in [5.74, 6) is -0.950. The summed E-state index contributed by atoms with van der Waals surface area (Å²) in [5, 5.41) is 12.0. The van der Waals surface area contributed by atoms with Crippen LogP contribution in [0.15, 0.2) is 94.9 Å². The summed E-state index contributed by atoms with van der Waals surface area (Å²) >= 11 is 0. The lowest BCUT2D eigenvalue weighted by molar-refractivity contribution is 0.0958. The first-order valence-corrected chi connectivity index (χ1v) is 12.2. The number of aliphatic imine (C=N–C) groups is 1. The van der Waals surface area contributed by atoms with Crippen LogP contribution in [-0.2, 0) is 9.84 Å². The highest BCUT2D eigenvalue weighted by Crippen LogP contribution is 2.28. The van der Waals surface area contributed by atoms with Crippen molar-refractivity contribution < 1.29 is 17.3 Å². The second kappa shape index (κ2) is 10.2. The summed E-state index contributed by atoms with van der Waals surface area (Å²) in [4.78, 5) is 21.5. The number of amides is 1. The fraction of sp³-hybridized carbons (Fsp3) is 0.0800. The molecule has 1 amide bonds. The number of hydrogen-bond donors (Lipinski definition) is 2. The van der Waals surface area contributed by atoms with Gasteiger partial charge in [-0.15, -0.1) is 5.10 Å². The molecular weight excluding hydrogens is 464 g/mol. The maximum atomic E-state index is 12.5. The summed E-state index contributed by atoms with van der Waals surface area (Å²) in [7, 11) is -3.77. The van der Waals surface area contributed by atoms with Crippen molar-refractivity contribution in [2.45, 2.75) is 4.90 Å². The largest absolute Gasteiger partial charge is 0.354 e. The first-order valence-electron chi connectivity index (χ1n) is 11.8. The highest BCUT2D eigenvalue weighted by molar-refractivity contribution is 7.90. The molecule has 0 saturated heterocycles. The SMILES string of the molecule is [2H]C([2H])([2H])NC(=O)c1nnccc1Nc1nc(N=C(c2ccccc2)c2ccccc2)ccc1S(C)(=O)=O. The van der Waals surface area contributed by atoms with Gasteiger partial charge in [0.1, 0.15) is 4.90 Å². The van der Waals surface area contributed by atoms with E-state index in [9.17, 15) is 13.2 Å². The number of hydrogen-bond acceptors (Lipinski definition) is 8. The number of carbonyl (C=O) groups excluding carboxylic acids is 1. The Kier molecular flexibility index (Phi) is 5.84. The smallest absolute Gasteiger partial charge is 0.273 e. The third-order valence-electron chi connectivity index (χ3n) is 4.87. The number of rotatable bonds is 7. The normalized spacial score (nSPS) is 12.5. The maximum Gasteiger partial charge on any atom is 0.273 e. The van der Waals surface area contributed by atoms with Gasteiger partial charge in [0.2, 0.25) is 0 Å². The van der Waals surface area contributed by atoms with Gasteiger partial charge in [0.15, 0.2) is 27.2 Å². The van der Waals surface area contributed by atoms with E-state index in [0.717, 1.165) is 17.4 Å². The average molecular weight is 490 g/mol. The van der Waals surface area contributed by atoms with Crippen LogP contribution in [-0.4, -0.2) is 48.4 Å². The highest BCUT2D eigenvalue weighted by Gasteiger charge is 2.19. The molecule has 35 heavy (non-hydrogen) atoms. The van der Waals surface area contributed by atoms with Gasteiger partial charge in [-0.2, -0.15) is 5.10 Å². The first kappa shape index (κ1) is 20.0. The van der Waals surface area contributed by atoms with Gasteiger partial charge in [-0.3, -0.25) is 4.79 Å². The minimum atomic E-state index is -3.77. The Balaban J connectivity index is 1.82. The summed E-state index contributed by atoms with van der Waals surface area (Å²) in [6, 6.07) is 23.1. The average Bonchev–Trinajstić information content (AvgIpc) is 2.87. The van der Waals surface area contributed by atoms with E-state index in [1.807, 2.05) is 66.0 Å². The zero-order valence-electron chi connectivity index (χ0n) is 21.5. The Morgan fingerprint density at radius 1 is 0.943 bits per heavy atom. The Morgan fingerprint density at radius 2 is 1.60 bits per heavy atom. The molecule has 10 heteroatoms. The number of nitrogens with one attached hydrogen (secondary N) is 2. The predicted molar refractivity (Wildman–Crippen MR) is 134 cm³/mol. The van der Waals surface area contributed by atoms with Gasteiger partial charge in [-0.25, -0.2) is 18.4 Å². The third-order valence-corrected chi connectivity index (χ3v) is 5.99. The standard InChI is InChI=1S/C25H22N6O3S/c1-26-25(32)23-19(15-16-27-31-23)28-24-20(35(2,33)34)13-14-21(30-24)29-22(17-9-5-3-6-10-17)18-11-7-4-8-12-18/h3-16H,1-2H3,(H,26,32)(H,27,28,30)/i1D3. The van der Waals surface area contributed by atoms with E-state index in [1.54, 1.807) is 0 Å². The fourth-order valence-corrected chi connectivity index (χ4v) is 4.04. The number of pyridine rings is 1. The molecule has 0 saturated carbocycles. The van der Waals surface area contributed by atoms with Crippen LogP contribution in [0.4, 0.5) is 17.3 Å². The Bertz CT molecular complexity index is 1550. The van der Waals surface area contributed by atoms with Crippen molar-refractivity contribution in [2.75, 3.05) is 18.5 Å². The highest BCUT2D eigenvalue weighted by atomic mass is 32.2. The van der Waals surface area contributed by atoms with Gasteiger partial charge in [-0.05, 0) is 18.2 Å². The van der Waals surface area contributed by atoms with Crippen LogP contribution in [0.5, 0.6) is 0 Å². The zero-order chi connectivity index (χ0) is 27.3. The molecule has 2 aromatic heterocycles. The number of carbonyl (C=O) groups is 1. The zero-order valence-corrected chi connectivity index (χ0v) is 19.3. The van der Waals surface area contributed by atoms with Gasteiger partial charge < -0.3 is 10.6 Å². The monoisotopic (exact) mass is 489 g/mol. The lowest BCUT2D eigenvalue weighted by atomic mass is 10.0. The van der Waals surface area contributed by atoms with Crippen LogP contribution in [0, 0.1) is 0 Å². The van der Waals surface area contributed by atoms with Crippen LogP contribution in [0.2, 0.25) is 0 Å². The number of anilines is 2. The molecule has 176 valence electrons. The van der Waals surface area contributed by atoms with Crippen molar-refractivity contribution in [3.05, 3.63) is 102 Å². The number of sulfone groups is 1. The van der Waals surface area contributed by atoms with E-state index < -0.39 is 22.7 Å². The lowest BCUT2D eigenvalue weighted by Crippen LogP contribution is -2.21. The number of benzene rings is 2. The fourth-order valence-electron chi connectivity index (χ4n) is 3.28. The molecule has 0 radical (unpaired) electrons. The van der Waals surface area contributed by atoms with Crippen molar-refractivity contribution in [3.63, 3.8) is 0 Å². The van der Waals surface area contributed by atoms with Gasteiger partial charge in [0.05, 0.1) is 17.6 Å². The van der Waals surface area contributed by atoms with E-state index in [0.29, 0.717) is 5.71 Å². The van der Waals surface area contributed by atoms with Crippen LogP contribution in [0.25, 0.3) is 0 Å². The topological polar surface area (TPSA) is 126 Å².